The highest BCUT2D eigenvalue weighted by molar-refractivity contribution is 5.69. The number of amides is 1. The van der Waals surface area contributed by atoms with Crippen LogP contribution in [0.1, 0.15) is 17.2 Å². The van der Waals surface area contributed by atoms with Gasteiger partial charge in [-0.2, -0.15) is 5.10 Å². The molecular formula is C13H13N3O2. The van der Waals surface area contributed by atoms with Crippen LogP contribution in [0, 0.1) is 0 Å². The molecule has 0 saturated carbocycles. The highest BCUT2D eigenvalue weighted by atomic mass is 16.6. The van der Waals surface area contributed by atoms with Crippen LogP contribution in [-0.4, -0.2) is 22.5 Å². The Kier molecular flexibility index (Phi) is 2.72. The molecule has 1 aromatic heterocycles. The fourth-order valence-electron chi connectivity index (χ4n) is 1.98. The largest absolute Gasteiger partial charge is 0.447 e. The van der Waals surface area contributed by atoms with E-state index < -0.39 is 0 Å². The smallest absolute Gasteiger partial charge is 0.407 e. The first-order chi connectivity index (χ1) is 8.81. The monoisotopic (exact) mass is 243 g/mol. The Morgan fingerprint density at radius 1 is 1.39 bits per heavy atom. The minimum absolute atomic E-state index is 0.0815. The Balaban J connectivity index is 1.72. The van der Waals surface area contributed by atoms with Crippen LogP contribution in [0.5, 0.6) is 0 Å². The molecule has 5 heteroatoms. The van der Waals surface area contributed by atoms with Crippen molar-refractivity contribution in [2.24, 2.45) is 0 Å². The number of hydrogen-bond donors (Lipinski definition) is 1. The van der Waals surface area contributed by atoms with Gasteiger partial charge >= 0.3 is 6.09 Å². The van der Waals surface area contributed by atoms with E-state index in [1.807, 2.05) is 29.1 Å². The Morgan fingerprint density at radius 3 is 2.94 bits per heavy atom. The third-order valence-electron chi connectivity index (χ3n) is 2.92. The number of carbonyl (C=O) groups is 1. The molecule has 92 valence electrons. The second kappa shape index (κ2) is 4.52. The van der Waals surface area contributed by atoms with E-state index in [9.17, 15) is 4.79 Å². The zero-order valence-electron chi connectivity index (χ0n) is 9.74. The van der Waals surface area contributed by atoms with Crippen LogP contribution in [0.15, 0.2) is 42.7 Å². The Morgan fingerprint density at radius 2 is 2.22 bits per heavy atom. The maximum absolute atomic E-state index is 11.0. The molecular weight excluding hydrogens is 230 g/mol. The van der Waals surface area contributed by atoms with Crippen molar-refractivity contribution in [1.82, 2.24) is 15.1 Å². The van der Waals surface area contributed by atoms with Crippen LogP contribution in [-0.2, 0) is 11.3 Å². The number of cyclic esters (lactones) is 1. The third-order valence-corrected chi connectivity index (χ3v) is 2.92. The molecule has 0 spiro atoms. The summed E-state index contributed by atoms with van der Waals surface area (Å²) in [5.41, 5.74) is 2.16. The molecule has 1 unspecified atom stereocenters. The lowest BCUT2D eigenvalue weighted by atomic mass is 10.2. The second-order valence-corrected chi connectivity index (χ2v) is 4.25. The predicted octanol–water partition coefficient (Wildman–Crippen LogP) is 1.71. The van der Waals surface area contributed by atoms with Gasteiger partial charge in [0.1, 0.15) is 6.61 Å². The van der Waals surface area contributed by atoms with Crippen LogP contribution in [0.2, 0.25) is 0 Å². The highest BCUT2D eigenvalue weighted by Gasteiger charge is 2.24. The summed E-state index contributed by atoms with van der Waals surface area (Å²) in [7, 11) is 0. The lowest BCUT2D eigenvalue weighted by Crippen LogP contribution is -2.17. The van der Waals surface area contributed by atoms with Gasteiger partial charge < -0.3 is 10.1 Å². The number of ether oxygens (including phenoxy) is 1. The van der Waals surface area contributed by atoms with Gasteiger partial charge in [0.2, 0.25) is 0 Å². The molecule has 0 bridgehead atoms. The number of alkyl carbamates (subject to hydrolysis) is 1. The minimum atomic E-state index is -0.365. The minimum Gasteiger partial charge on any atom is -0.447 e. The summed E-state index contributed by atoms with van der Waals surface area (Å²) in [6.45, 7) is 1.10. The number of rotatable bonds is 3. The average Bonchev–Trinajstić information content (AvgIpc) is 2.99. The maximum Gasteiger partial charge on any atom is 0.407 e. The number of benzene rings is 1. The lowest BCUT2D eigenvalue weighted by Gasteiger charge is -2.03. The van der Waals surface area contributed by atoms with Crippen molar-refractivity contribution in [3.63, 3.8) is 0 Å². The molecule has 1 aliphatic heterocycles. The second-order valence-electron chi connectivity index (χ2n) is 4.25. The summed E-state index contributed by atoms with van der Waals surface area (Å²) >= 11 is 0. The van der Waals surface area contributed by atoms with Crippen molar-refractivity contribution in [2.45, 2.75) is 12.6 Å². The zero-order chi connectivity index (χ0) is 12.4. The molecule has 2 heterocycles. The standard InChI is InChI=1S/C13H13N3O2/c17-13-15-12(9-18-13)11-6-14-16(8-11)7-10-4-2-1-3-5-10/h1-6,8,12H,7,9H2,(H,15,17). The van der Waals surface area contributed by atoms with E-state index in [0.717, 1.165) is 12.1 Å². The quantitative estimate of drug-likeness (QED) is 0.892. The van der Waals surface area contributed by atoms with E-state index >= 15 is 0 Å². The van der Waals surface area contributed by atoms with E-state index in [4.69, 9.17) is 4.74 Å². The number of nitrogens with one attached hydrogen (secondary N) is 1. The molecule has 0 aliphatic carbocycles. The van der Waals surface area contributed by atoms with Crippen molar-refractivity contribution in [2.75, 3.05) is 6.61 Å². The van der Waals surface area contributed by atoms with Gasteiger partial charge in [-0.05, 0) is 5.56 Å². The first-order valence-corrected chi connectivity index (χ1v) is 5.81. The summed E-state index contributed by atoms with van der Waals surface area (Å²) < 4.78 is 6.72. The first kappa shape index (κ1) is 10.8. The van der Waals surface area contributed by atoms with Crippen LogP contribution >= 0.6 is 0 Å². The van der Waals surface area contributed by atoms with Gasteiger partial charge in [0.15, 0.2) is 0 Å². The fraction of sp³-hybridized carbons (Fsp3) is 0.231. The molecule has 2 aromatic rings. The van der Waals surface area contributed by atoms with Crippen molar-refractivity contribution in [3.05, 3.63) is 53.9 Å². The summed E-state index contributed by atoms with van der Waals surface area (Å²) in [4.78, 5) is 11.0. The first-order valence-electron chi connectivity index (χ1n) is 5.81. The Hall–Kier alpha value is -2.30. The van der Waals surface area contributed by atoms with Gasteiger partial charge in [0.25, 0.3) is 0 Å². The van der Waals surface area contributed by atoms with Crippen molar-refractivity contribution >= 4 is 6.09 Å². The summed E-state index contributed by atoms with van der Waals surface area (Å²) in [6, 6.07) is 10.0. The third kappa shape index (κ3) is 2.20. The molecule has 1 atom stereocenters. The van der Waals surface area contributed by atoms with E-state index in [-0.39, 0.29) is 12.1 Å². The van der Waals surface area contributed by atoms with Crippen molar-refractivity contribution in [1.29, 1.82) is 0 Å². The van der Waals surface area contributed by atoms with Crippen molar-refractivity contribution < 1.29 is 9.53 Å². The average molecular weight is 243 g/mol. The fourth-order valence-corrected chi connectivity index (χ4v) is 1.98. The summed E-state index contributed by atoms with van der Waals surface area (Å²) in [5.74, 6) is 0. The molecule has 3 rings (SSSR count). The molecule has 18 heavy (non-hydrogen) atoms. The lowest BCUT2D eigenvalue weighted by molar-refractivity contribution is 0.177. The van der Waals surface area contributed by atoms with Gasteiger partial charge in [-0.3, -0.25) is 4.68 Å². The number of aromatic nitrogens is 2. The Bertz CT molecular complexity index is 550. The van der Waals surface area contributed by atoms with Crippen LogP contribution in [0.4, 0.5) is 4.79 Å². The molecule has 1 N–H and O–H groups in total. The van der Waals surface area contributed by atoms with Gasteiger partial charge in [-0.1, -0.05) is 30.3 Å². The van der Waals surface area contributed by atoms with Gasteiger partial charge in [0, 0.05) is 11.8 Å². The maximum atomic E-state index is 11.0. The van der Waals surface area contributed by atoms with E-state index in [1.165, 1.54) is 5.56 Å². The Labute approximate surface area is 104 Å². The number of hydrogen-bond acceptors (Lipinski definition) is 3. The van der Waals surface area contributed by atoms with Crippen LogP contribution in [0.25, 0.3) is 0 Å². The SMILES string of the molecule is O=C1NC(c2cnn(Cc3ccccc3)c2)CO1. The number of nitrogens with zero attached hydrogens (tertiary/aromatic N) is 2. The van der Waals surface area contributed by atoms with Crippen LogP contribution in [0.3, 0.4) is 0 Å². The molecule has 1 aromatic carbocycles. The predicted molar refractivity (Wildman–Crippen MR) is 65.0 cm³/mol. The van der Waals surface area contributed by atoms with Gasteiger partial charge in [-0.25, -0.2) is 4.79 Å². The van der Waals surface area contributed by atoms with E-state index in [0.29, 0.717) is 6.61 Å². The topological polar surface area (TPSA) is 56.2 Å². The molecule has 1 amide bonds. The molecule has 5 nitrogen and oxygen atoms in total. The van der Waals surface area contributed by atoms with E-state index in [1.54, 1.807) is 6.20 Å². The van der Waals surface area contributed by atoms with Crippen molar-refractivity contribution in [3.8, 4) is 0 Å². The summed E-state index contributed by atoms with van der Waals surface area (Å²) in [5, 5.41) is 7.02. The summed E-state index contributed by atoms with van der Waals surface area (Å²) in [6.07, 6.45) is 3.34. The molecule has 1 saturated heterocycles. The van der Waals surface area contributed by atoms with Gasteiger partial charge in [0.05, 0.1) is 18.8 Å². The number of carbonyl (C=O) groups excluding carboxylic acids is 1. The van der Waals surface area contributed by atoms with Crippen LogP contribution < -0.4 is 5.32 Å². The normalized spacial score (nSPS) is 18.4. The molecule has 0 radical (unpaired) electrons. The zero-order valence-corrected chi connectivity index (χ0v) is 9.74. The molecule has 1 aliphatic rings. The molecule has 1 fully saturated rings. The van der Waals surface area contributed by atoms with E-state index in [2.05, 4.69) is 22.5 Å². The highest BCUT2D eigenvalue weighted by Crippen LogP contribution is 2.17. The van der Waals surface area contributed by atoms with Gasteiger partial charge in [-0.15, -0.1) is 0 Å².